The first kappa shape index (κ1) is 14.7. The number of anilines is 1. The predicted molar refractivity (Wildman–Crippen MR) is 84.0 cm³/mol. The Bertz CT molecular complexity index is 429. The molecular formula is C16H25ClN2. The van der Waals surface area contributed by atoms with Gasteiger partial charge in [0.15, 0.2) is 0 Å². The van der Waals surface area contributed by atoms with Gasteiger partial charge in [0.25, 0.3) is 0 Å². The van der Waals surface area contributed by atoms with Gasteiger partial charge in [-0.3, -0.25) is 0 Å². The second-order valence-corrected chi connectivity index (χ2v) is 6.51. The van der Waals surface area contributed by atoms with E-state index in [2.05, 4.69) is 36.9 Å². The third-order valence-corrected chi connectivity index (χ3v) is 4.33. The van der Waals surface area contributed by atoms with Gasteiger partial charge in [0, 0.05) is 29.3 Å². The van der Waals surface area contributed by atoms with Gasteiger partial charge in [0.1, 0.15) is 0 Å². The van der Waals surface area contributed by atoms with Crippen molar-refractivity contribution in [1.29, 1.82) is 0 Å². The second-order valence-electron chi connectivity index (χ2n) is 6.10. The first-order chi connectivity index (χ1) is 8.99. The van der Waals surface area contributed by atoms with E-state index < -0.39 is 0 Å². The normalized spacial score (nSPS) is 21.2. The lowest BCUT2D eigenvalue weighted by molar-refractivity contribution is 0.492. The Morgan fingerprint density at radius 3 is 2.68 bits per heavy atom. The summed E-state index contributed by atoms with van der Waals surface area (Å²) in [6, 6.07) is 7.25. The van der Waals surface area contributed by atoms with Gasteiger partial charge in [-0.15, -0.1) is 0 Å². The molecule has 1 aromatic carbocycles. The zero-order chi connectivity index (χ0) is 14.0. The molecule has 2 unspecified atom stereocenters. The summed E-state index contributed by atoms with van der Waals surface area (Å²) < 4.78 is 0. The summed E-state index contributed by atoms with van der Waals surface area (Å²) in [5.41, 5.74) is 8.26. The summed E-state index contributed by atoms with van der Waals surface area (Å²) in [4.78, 5) is 2.51. The van der Waals surface area contributed by atoms with E-state index in [9.17, 15) is 0 Å². The van der Waals surface area contributed by atoms with Crippen molar-refractivity contribution in [3.63, 3.8) is 0 Å². The minimum absolute atomic E-state index is 0.151. The van der Waals surface area contributed by atoms with Gasteiger partial charge in [0.2, 0.25) is 0 Å². The number of nitrogens with zero attached hydrogens (tertiary/aromatic N) is 1. The quantitative estimate of drug-likeness (QED) is 0.908. The van der Waals surface area contributed by atoms with Crippen LogP contribution in [0.25, 0.3) is 0 Å². The minimum Gasteiger partial charge on any atom is -0.368 e. The lowest BCUT2D eigenvalue weighted by Crippen LogP contribution is -2.33. The van der Waals surface area contributed by atoms with Crippen molar-refractivity contribution >= 4 is 17.3 Å². The molecule has 1 saturated heterocycles. The molecule has 1 aliphatic rings. The fraction of sp³-hybridized carbons (Fsp3) is 0.625. The summed E-state index contributed by atoms with van der Waals surface area (Å²) in [6.07, 6.45) is 3.41. The van der Waals surface area contributed by atoms with Gasteiger partial charge in [-0.2, -0.15) is 0 Å². The average Bonchev–Trinajstić information content (AvgIpc) is 2.80. The van der Waals surface area contributed by atoms with Crippen molar-refractivity contribution in [3.05, 3.63) is 28.8 Å². The van der Waals surface area contributed by atoms with E-state index >= 15 is 0 Å². The van der Waals surface area contributed by atoms with Crippen molar-refractivity contribution in [2.75, 3.05) is 11.4 Å². The number of hydrogen-bond donors (Lipinski definition) is 1. The lowest BCUT2D eigenvalue weighted by atomic mass is 10.0. The highest BCUT2D eigenvalue weighted by molar-refractivity contribution is 6.31. The first-order valence-corrected chi connectivity index (χ1v) is 7.67. The maximum Gasteiger partial charge on any atom is 0.0459 e. The largest absolute Gasteiger partial charge is 0.368 e. The molecule has 19 heavy (non-hydrogen) atoms. The van der Waals surface area contributed by atoms with Crippen LogP contribution in [0.1, 0.15) is 39.2 Å². The third kappa shape index (κ3) is 3.43. The average molecular weight is 281 g/mol. The van der Waals surface area contributed by atoms with Crippen LogP contribution in [0.2, 0.25) is 5.02 Å². The van der Waals surface area contributed by atoms with Crippen LogP contribution < -0.4 is 10.6 Å². The highest BCUT2D eigenvalue weighted by Gasteiger charge is 2.27. The molecule has 2 N–H and O–H groups in total. The molecule has 0 saturated carbocycles. The standard InChI is InChI=1S/C16H25ClN2/c1-11(2)16-5-4-8-19(16)14-7-6-13(9-12(3)18)15(17)10-14/h6-7,10-12,16H,4-5,8-9,18H2,1-3H3. The van der Waals surface area contributed by atoms with Gasteiger partial charge in [-0.25, -0.2) is 0 Å². The summed E-state index contributed by atoms with van der Waals surface area (Å²) in [5, 5.41) is 0.851. The molecule has 1 aliphatic heterocycles. The van der Waals surface area contributed by atoms with Crippen LogP contribution in [0.15, 0.2) is 18.2 Å². The maximum atomic E-state index is 6.40. The molecule has 0 bridgehead atoms. The number of nitrogens with two attached hydrogens (primary N) is 1. The van der Waals surface area contributed by atoms with Crippen molar-refractivity contribution < 1.29 is 0 Å². The molecule has 1 fully saturated rings. The van der Waals surface area contributed by atoms with Crippen LogP contribution in [-0.2, 0) is 6.42 Å². The molecule has 3 heteroatoms. The molecule has 0 radical (unpaired) electrons. The van der Waals surface area contributed by atoms with Crippen LogP contribution in [0.3, 0.4) is 0 Å². The summed E-state index contributed by atoms with van der Waals surface area (Å²) in [5.74, 6) is 0.685. The first-order valence-electron chi connectivity index (χ1n) is 7.29. The van der Waals surface area contributed by atoms with Crippen LogP contribution in [-0.4, -0.2) is 18.6 Å². The molecule has 0 aliphatic carbocycles. The molecular weight excluding hydrogens is 256 g/mol. The Kier molecular flexibility index (Phi) is 4.75. The molecule has 1 aromatic rings. The Labute approximate surface area is 121 Å². The van der Waals surface area contributed by atoms with E-state index in [1.165, 1.54) is 18.5 Å². The van der Waals surface area contributed by atoms with Crippen LogP contribution in [0.5, 0.6) is 0 Å². The smallest absolute Gasteiger partial charge is 0.0459 e. The van der Waals surface area contributed by atoms with Gasteiger partial charge in [-0.05, 0) is 49.8 Å². The summed E-state index contributed by atoms with van der Waals surface area (Å²) in [6.45, 7) is 7.76. The minimum atomic E-state index is 0.151. The molecule has 2 nitrogen and oxygen atoms in total. The zero-order valence-corrected chi connectivity index (χ0v) is 13.0. The Morgan fingerprint density at radius 2 is 2.11 bits per heavy atom. The molecule has 1 heterocycles. The van der Waals surface area contributed by atoms with Gasteiger partial charge < -0.3 is 10.6 Å². The molecule has 106 valence electrons. The topological polar surface area (TPSA) is 29.3 Å². The van der Waals surface area contributed by atoms with E-state index in [1.54, 1.807) is 0 Å². The SMILES string of the molecule is CC(N)Cc1ccc(N2CCCC2C(C)C)cc1Cl. The van der Waals surface area contributed by atoms with E-state index in [0.717, 1.165) is 23.6 Å². The Hall–Kier alpha value is -0.730. The summed E-state index contributed by atoms with van der Waals surface area (Å²) >= 11 is 6.40. The van der Waals surface area contributed by atoms with Crippen molar-refractivity contribution in [3.8, 4) is 0 Å². The number of benzene rings is 1. The second kappa shape index (κ2) is 6.15. The lowest BCUT2D eigenvalue weighted by Gasteiger charge is -2.30. The molecule has 0 amide bonds. The molecule has 2 atom stereocenters. The van der Waals surface area contributed by atoms with Gasteiger partial charge in [-0.1, -0.05) is 31.5 Å². The Balaban J connectivity index is 2.19. The summed E-state index contributed by atoms with van der Waals surface area (Å²) in [7, 11) is 0. The number of halogens is 1. The Morgan fingerprint density at radius 1 is 1.37 bits per heavy atom. The van der Waals surface area contributed by atoms with Crippen molar-refractivity contribution in [2.24, 2.45) is 11.7 Å². The maximum absolute atomic E-state index is 6.40. The number of rotatable bonds is 4. The highest BCUT2D eigenvalue weighted by atomic mass is 35.5. The molecule has 0 aromatic heterocycles. The van der Waals surface area contributed by atoms with E-state index in [0.29, 0.717) is 12.0 Å². The monoisotopic (exact) mass is 280 g/mol. The van der Waals surface area contributed by atoms with E-state index in [1.807, 2.05) is 6.92 Å². The van der Waals surface area contributed by atoms with Crippen molar-refractivity contribution in [2.45, 2.75) is 52.1 Å². The fourth-order valence-corrected chi connectivity index (χ4v) is 3.29. The van der Waals surface area contributed by atoms with Crippen LogP contribution >= 0.6 is 11.6 Å². The predicted octanol–water partition coefficient (Wildman–Crippen LogP) is 3.85. The molecule has 2 rings (SSSR count). The van der Waals surface area contributed by atoms with Crippen LogP contribution in [0, 0.1) is 5.92 Å². The highest BCUT2D eigenvalue weighted by Crippen LogP contribution is 2.32. The number of hydrogen-bond acceptors (Lipinski definition) is 2. The van der Waals surface area contributed by atoms with Gasteiger partial charge in [0.05, 0.1) is 0 Å². The van der Waals surface area contributed by atoms with Gasteiger partial charge >= 0.3 is 0 Å². The van der Waals surface area contributed by atoms with Crippen molar-refractivity contribution in [1.82, 2.24) is 0 Å². The van der Waals surface area contributed by atoms with Crippen LogP contribution in [0.4, 0.5) is 5.69 Å². The zero-order valence-electron chi connectivity index (χ0n) is 12.2. The third-order valence-electron chi connectivity index (χ3n) is 3.98. The fourth-order valence-electron chi connectivity index (χ4n) is 3.03. The molecule has 0 spiro atoms. The van der Waals surface area contributed by atoms with E-state index in [4.69, 9.17) is 17.3 Å². The van der Waals surface area contributed by atoms with E-state index in [-0.39, 0.29) is 6.04 Å².